The third-order valence-electron chi connectivity index (χ3n) is 10.4. The summed E-state index contributed by atoms with van der Waals surface area (Å²) in [4.78, 5) is 86.9. The maximum Gasteiger partial charge on any atom is 0.315 e. The number of aromatic nitrogens is 3. The molecule has 0 aromatic carbocycles. The van der Waals surface area contributed by atoms with Crippen molar-refractivity contribution < 1.29 is 66.7 Å². The van der Waals surface area contributed by atoms with Gasteiger partial charge in [0, 0.05) is 72.9 Å². The molecule has 1 fully saturated rings. The van der Waals surface area contributed by atoms with E-state index in [-0.39, 0.29) is 23.6 Å². The van der Waals surface area contributed by atoms with Crippen LogP contribution in [0.2, 0.25) is 0 Å². The van der Waals surface area contributed by atoms with Crippen molar-refractivity contribution >= 4 is 41.8 Å². The van der Waals surface area contributed by atoms with Crippen molar-refractivity contribution in [1.82, 2.24) is 30.9 Å². The second kappa shape index (κ2) is 25.2. The van der Waals surface area contributed by atoms with Crippen LogP contribution in [0.15, 0.2) is 6.20 Å². The summed E-state index contributed by atoms with van der Waals surface area (Å²) in [6, 6.07) is -1.21. The summed E-state index contributed by atoms with van der Waals surface area (Å²) in [6.07, 6.45) is 0.993. The number of carbonyl (C=O) groups is 7. The smallest absolute Gasteiger partial charge is 0.315 e. The quantitative estimate of drug-likeness (QED) is 0.0941. The Morgan fingerprint density at radius 2 is 1.52 bits per heavy atom. The van der Waals surface area contributed by atoms with Crippen molar-refractivity contribution in [1.29, 1.82) is 0 Å². The van der Waals surface area contributed by atoms with E-state index in [0.717, 1.165) is 53.9 Å². The number of urea groups is 1. The standard InChI is InChI=1S/C41H68N6O14/c1-12-25(3)18-21-56-40(11,13-2)19-16-35(53)42-20-17-33-22-47(46-45-33)27(5)15-14-26(4)44-39(54)43-24-41(60-32(10)52)38(59-31(9)51)37(58-30(8)50)36(57-29(7)49)34(61-41)23-55-28(6)48/h22,25-27,34,36-38H,12-21,23-24H2,1-11H3,(H,42,53)(H2,43,44,54)/t25?,26?,27?,34?,36-,37?,38?,40?,41+/m1/s1. The van der Waals surface area contributed by atoms with Crippen molar-refractivity contribution in [2.24, 2.45) is 5.92 Å². The van der Waals surface area contributed by atoms with Gasteiger partial charge < -0.3 is 49.1 Å². The van der Waals surface area contributed by atoms with E-state index in [1.54, 1.807) is 11.6 Å². The summed E-state index contributed by atoms with van der Waals surface area (Å²) < 4.78 is 41.0. The van der Waals surface area contributed by atoms with Crippen molar-refractivity contribution in [3.05, 3.63) is 11.9 Å². The number of nitrogens with zero attached hydrogens (tertiary/aromatic N) is 3. The molecule has 2 rings (SSSR count). The zero-order valence-electron chi connectivity index (χ0n) is 37.7. The molecule has 0 radical (unpaired) electrons. The van der Waals surface area contributed by atoms with Crippen molar-refractivity contribution in [3.63, 3.8) is 0 Å². The fourth-order valence-electron chi connectivity index (χ4n) is 6.52. The minimum atomic E-state index is -2.36. The Morgan fingerprint density at radius 1 is 0.869 bits per heavy atom. The lowest BCUT2D eigenvalue weighted by Crippen LogP contribution is -2.72. The summed E-state index contributed by atoms with van der Waals surface area (Å²) in [5.74, 6) is -6.12. The van der Waals surface area contributed by atoms with E-state index in [0.29, 0.717) is 56.9 Å². The maximum absolute atomic E-state index is 13.3. The molecule has 0 saturated carbocycles. The van der Waals surface area contributed by atoms with Gasteiger partial charge in [0.25, 0.3) is 5.79 Å². The molecule has 7 unspecified atom stereocenters. The average molecular weight is 869 g/mol. The van der Waals surface area contributed by atoms with Crippen LogP contribution in [-0.4, -0.2) is 125 Å². The zero-order valence-corrected chi connectivity index (χ0v) is 37.7. The highest BCUT2D eigenvalue weighted by atomic mass is 16.8. The van der Waals surface area contributed by atoms with E-state index in [2.05, 4.69) is 54.0 Å². The molecule has 1 aromatic rings. The topological polar surface area (TPSA) is 251 Å². The minimum absolute atomic E-state index is 0.0453. The Kier molecular flexibility index (Phi) is 21.6. The van der Waals surface area contributed by atoms with E-state index < -0.39 is 79.2 Å². The number of esters is 5. The van der Waals surface area contributed by atoms with Gasteiger partial charge in [0.2, 0.25) is 12.0 Å². The highest BCUT2D eigenvalue weighted by Gasteiger charge is 2.62. The van der Waals surface area contributed by atoms with E-state index in [1.165, 1.54) is 0 Å². The number of nitrogens with one attached hydrogen (secondary N) is 3. The van der Waals surface area contributed by atoms with Crippen LogP contribution >= 0.6 is 0 Å². The van der Waals surface area contributed by atoms with Crippen LogP contribution in [0.5, 0.6) is 0 Å². The van der Waals surface area contributed by atoms with Gasteiger partial charge in [-0.25, -0.2) is 9.48 Å². The van der Waals surface area contributed by atoms with Gasteiger partial charge in [-0.2, -0.15) is 0 Å². The minimum Gasteiger partial charge on any atom is -0.463 e. The van der Waals surface area contributed by atoms with E-state index in [4.69, 9.17) is 33.2 Å². The van der Waals surface area contributed by atoms with Crippen LogP contribution in [0.1, 0.15) is 133 Å². The molecule has 1 saturated heterocycles. The van der Waals surface area contributed by atoms with E-state index >= 15 is 0 Å². The van der Waals surface area contributed by atoms with Crippen LogP contribution in [-0.2, 0) is 68.3 Å². The molecule has 9 atom stereocenters. The molecule has 2 heterocycles. The third kappa shape index (κ3) is 18.3. The van der Waals surface area contributed by atoms with Gasteiger partial charge in [0.1, 0.15) is 12.7 Å². The summed E-state index contributed by atoms with van der Waals surface area (Å²) in [5.41, 5.74) is 0.372. The van der Waals surface area contributed by atoms with Gasteiger partial charge in [-0.1, -0.05) is 32.4 Å². The Hall–Kier alpha value is -4.85. The second-order valence-corrected chi connectivity index (χ2v) is 15.9. The molecule has 61 heavy (non-hydrogen) atoms. The molecule has 3 amide bonds. The van der Waals surface area contributed by atoms with Crippen molar-refractivity contribution in [3.8, 4) is 0 Å². The Bertz CT molecular complexity index is 1620. The monoisotopic (exact) mass is 868 g/mol. The average Bonchev–Trinajstić information content (AvgIpc) is 3.65. The normalized spacial score (nSPS) is 22.3. The van der Waals surface area contributed by atoms with Crippen molar-refractivity contribution in [2.75, 3.05) is 26.3 Å². The van der Waals surface area contributed by atoms with E-state index in [1.807, 2.05) is 13.1 Å². The molecule has 1 aliphatic heterocycles. The number of hydrogen-bond donors (Lipinski definition) is 3. The Balaban J connectivity index is 2.02. The SMILES string of the molecule is CCC(C)CCOC(C)(CC)CCC(=O)NCCc1cn(C(C)CCC(C)NC(=O)NC[C@]2(OC(C)=O)OC(COC(C)=O)[C@@H](OC(C)=O)C(OC(C)=O)C2OC(C)=O)nn1. The van der Waals surface area contributed by atoms with Crippen LogP contribution in [0.3, 0.4) is 0 Å². The lowest BCUT2D eigenvalue weighted by Gasteiger charge is -2.49. The fraction of sp³-hybridized carbons (Fsp3) is 0.780. The van der Waals surface area contributed by atoms with Gasteiger partial charge in [0.15, 0.2) is 12.2 Å². The van der Waals surface area contributed by atoms with Gasteiger partial charge in [-0.3, -0.25) is 28.8 Å². The van der Waals surface area contributed by atoms with Crippen LogP contribution in [0.25, 0.3) is 0 Å². The number of rotatable bonds is 25. The molecular formula is C41H68N6O14. The molecule has 20 heteroatoms. The first-order chi connectivity index (χ1) is 28.6. The Labute approximate surface area is 358 Å². The summed E-state index contributed by atoms with van der Waals surface area (Å²) in [6.45, 7) is 17.4. The first-order valence-electron chi connectivity index (χ1n) is 21.0. The summed E-state index contributed by atoms with van der Waals surface area (Å²) in [5, 5.41) is 16.8. The third-order valence-corrected chi connectivity index (χ3v) is 10.4. The second-order valence-electron chi connectivity index (χ2n) is 15.9. The number of carbonyl (C=O) groups excluding carboxylic acids is 7. The van der Waals surface area contributed by atoms with Crippen molar-refractivity contribution in [2.45, 2.75) is 175 Å². The molecule has 346 valence electrons. The largest absolute Gasteiger partial charge is 0.463 e. The molecule has 1 aromatic heterocycles. The summed E-state index contributed by atoms with van der Waals surface area (Å²) >= 11 is 0. The van der Waals surface area contributed by atoms with Crippen LogP contribution in [0, 0.1) is 5.92 Å². The fourth-order valence-corrected chi connectivity index (χ4v) is 6.52. The summed E-state index contributed by atoms with van der Waals surface area (Å²) in [7, 11) is 0. The Morgan fingerprint density at radius 3 is 2.11 bits per heavy atom. The van der Waals surface area contributed by atoms with Gasteiger partial charge >= 0.3 is 35.9 Å². The van der Waals surface area contributed by atoms with Gasteiger partial charge in [-0.15, -0.1) is 5.10 Å². The van der Waals surface area contributed by atoms with Gasteiger partial charge in [0.05, 0.1) is 23.9 Å². The predicted octanol–water partition coefficient (Wildman–Crippen LogP) is 3.38. The molecule has 3 N–H and O–H groups in total. The van der Waals surface area contributed by atoms with Crippen LogP contribution < -0.4 is 16.0 Å². The molecule has 0 bridgehead atoms. The lowest BCUT2D eigenvalue weighted by molar-refractivity contribution is -0.350. The number of ether oxygens (including phenoxy) is 7. The van der Waals surface area contributed by atoms with E-state index in [9.17, 15) is 33.6 Å². The maximum atomic E-state index is 13.3. The number of hydrogen-bond acceptors (Lipinski definition) is 16. The van der Waals surface area contributed by atoms with Gasteiger partial charge in [-0.05, 0) is 58.8 Å². The predicted molar refractivity (Wildman–Crippen MR) is 217 cm³/mol. The molecule has 0 aliphatic carbocycles. The molecular weight excluding hydrogens is 800 g/mol. The lowest BCUT2D eigenvalue weighted by atomic mass is 9.91. The first kappa shape index (κ1) is 52.3. The highest BCUT2D eigenvalue weighted by Crippen LogP contribution is 2.37. The molecule has 0 spiro atoms. The number of amides is 3. The first-order valence-corrected chi connectivity index (χ1v) is 21.0. The highest BCUT2D eigenvalue weighted by molar-refractivity contribution is 5.76. The molecule has 20 nitrogen and oxygen atoms in total. The molecule has 1 aliphatic rings. The van der Waals surface area contributed by atoms with Crippen LogP contribution in [0.4, 0.5) is 4.79 Å². The zero-order chi connectivity index (χ0) is 45.9.